The molecule has 0 heterocycles. The van der Waals surface area contributed by atoms with Crippen molar-refractivity contribution in [2.24, 2.45) is 0 Å². The van der Waals surface area contributed by atoms with Gasteiger partial charge in [0.1, 0.15) is 6.61 Å². The van der Waals surface area contributed by atoms with Gasteiger partial charge in [0, 0.05) is 5.56 Å². The number of hydrogen-bond donors (Lipinski definition) is 3. The van der Waals surface area contributed by atoms with Gasteiger partial charge in [0.25, 0.3) is 5.91 Å². The number of aliphatic hydroxyl groups excluding tert-OH is 2. The van der Waals surface area contributed by atoms with E-state index in [0.29, 0.717) is 11.1 Å². The molecule has 0 aliphatic heterocycles. The molecule has 0 bridgehead atoms. The molecule has 1 aromatic carbocycles. The van der Waals surface area contributed by atoms with E-state index in [2.05, 4.69) is 17.2 Å². The summed E-state index contributed by atoms with van der Waals surface area (Å²) in [7, 11) is 0. The van der Waals surface area contributed by atoms with E-state index >= 15 is 0 Å². The summed E-state index contributed by atoms with van der Waals surface area (Å²) < 4.78 is 0. The first-order chi connectivity index (χ1) is 9.72. The molecule has 1 aliphatic rings. The maximum atomic E-state index is 12.3. The third-order valence-electron chi connectivity index (χ3n) is 3.52. The maximum Gasteiger partial charge on any atom is 0.252 e. The minimum Gasteiger partial charge on any atom is -0.391 e. The molecule has 0 saturated heterocycles. The third-order valence-corrected chi connectivity index (χ3v) is 3.52. The molecule has 2 atom stereocenters. The first kappa shape index (κ1) is 14.6. The Labute approximate surface area is 118 Å². The summed E-state index contributed by atoms with van der Waals surface area (Å²) in [6.45, 7) is -0.239. The number of nitrogens with one attached hydrogen (secondary N) is 1. The van der Waals surface area contributed by atoms with Crippen LogP contribution in [0.2, 0.25) is 0 Å². The van der Waals surface area contributed by atoms with Crippen molar-refractivity contribution in [1.29, 1.82) is 0 Å². The molecule has 3 N–H and O–H groups in total. The Hall–Kier alpha value is -1.83. The van der Waals surface area contributed by atoms with Crippen molar-refractivity contribution in [3.05, 3.63) is 35.4 Å². The standard InChI is InChI=1S/C16H19NO3/c18-11-5-7-12-6-1-2-8-13(12)16(20)17-14-9-3-4-10-15(14)19/h1-2,6,8,14-15,18-19H,3-4,9-11H2,(H,17,20). The van der Waals surface area contributed by atoms with Gasteiger partial charge in [0.2, 0.25) is 0 Å². The third kappa shape index (κ3) is 3.60. The van der Waals surface area contributed by atoms with Gasteiger partial charge < -0.3 is 15.5 Å². The fraction of sp³-hybridized carbons (Fsp3) is 0.438. The Balaban J connectivity index is 2.12. The highest BCUT2D eigenvalue weighted by atomic mass is 16.3. The smallest absolute Gasteiger partial charge is 0.252 e. The van der Waals surface area contributed by atoms with E-state index in [9.17, 15) is 9.90 Å². The fourth-order valence-electron chi connectivity index (χ4n) is 2.45. The first-order valence-corrected chi connectivity index (χ1v) is 6.90. The molecule has 1 fully saturated rings. The van der Waals surface area contributed by atoms with Gasteiger partial charge in [-0.3, -0.25) is 4.79 Å². The van der Waals surface area contributed by atoms with Crippen LogP contribution < -0.4 is 5.32 Å². The SMILES string of the molecule is O=C(NC1CCCCC1O)c1ccccc1C#CCO. The summed E-state index contributed by atoms with van der Waals surface area (Å²) in [6, 6.07) is 6.83. The van der Waals surface area contributed by atoms with E-state index in [1.807, 2.05) is 0 Å². The highest BCUT2D eigenvalue weighted by Gasteiger charge is 2.25. The van der Waals surface area contributed by atoms with Crippen molar-refractivity contribution in [3.8, 4) is 11.8 Å². The molecular weight excluding hydrogens is 254 g/mol. The average molecular weight is 273 g/mol. The van der Waals surface area contributed by atoms with Gasteiger partial charge >= 0.3 is 0 Å². The Morgan fingerprint density at radius 2 is 2.05 bits per heavy atom. The van der Waals surface area contributed by atoms with Crippen molar-refractivity contribution < 1.29 is 15.0 Å². The van der Waals surface area contributed by atoms with E-state index in [1.165, 1.54) is 0 Å². The molecule has 1 amide bonds. The average Bonchev–Trinajstić information content (AvgIpc) is 2.47. The molecule has 0 aromatic heterocycles. The molecule has 2 rings (SSSR count). The predicted octanol–water partition coefficient (Wildman–Crippen LogP) is 1.06. The zero-order valence-corrected chi connectivity index (χ0v) is 11.3. The summed E-state index contributed by atoms with van der Waals surface area (Å²) >= 11 is 0. The highest BCUT2D eigenvalue weighted by Crippen LogP contribution is 2.19. The Bertz CT molecular complexity index is 530. The number of carbonyl (C=O) groups excluding carboxylic acids is 1. The number of hydrogen-bond acceptors (Lipinski definition) is 3. The van der Waals surface area contributed by atoms with Gasteiger partial charge in [0.15, 0.2) is 0 Å². The normalized spacial score (nSPS) is 21.7. The number of benzene rings is 1. The summed E-state index contributed by atoms with van der Waals surface area (Å²) in [5, 5.41) is 21.5. The largest absolute Gasteiger partial charge is 0.391 e. The molecule has 1 aromatic rings. The molecular formula is C16H19NO3. The zero-order valence-electron chi connectivity index (χ0n) is 11.3. The lowest BCUT2D eigenvalue weighted by molar-refractivity contribution is 0.0717. The summed E-state index contributed by atoms with van der Waals surface area (Å²) in [6.07, 6.45) is 3.09. The zero-order chi connectivity index (χ0) is 14.4. The molecule has 0 spiro atoms. The van der Waals surface area contributed by atoms with E-state index in [0.717, 1.165) is 25.7 Å². The monoisotopic (exact) mass is 273 g/mol. The van der Waals surface area contributed by atoms with Crippen molar-refractivity contribution in [1.82, 2.24) is 5.32 Å². The fourth-order valence-corrected chi connectivity index (χ4v) is 2.45. The molecule has 106 valence electrons. The Morgan fingerprint density at radius 3 is 2.80 bits per heavy atom. The number of rotatable bonds is 2. The topological polar surface area (TPSA) is 69.6 Å². The second-order valence-corrected chi connectivity index (χ2v) is 4.94. The summed E-state index contributed by atoms with van der Waals surface area (Å²) in [5.74, 6) is 5.09. The van der Waals surface area contributed by atoms with Gasteiger partial charge in [0.05, 0.1) is 17.7 Å². The van der Waals surface area contributed by atoms with Crippen LogP contribution in [0.3, 0.4) is 0 Å². The van der Waals surface area contributed by atoms with E-state index in [1.54, 1.807) is 24.3 Å². The lowest BCUT2D eigenvalue weighted by Crippen LogP contribution is -2.45. The van der Waals surface area contributed by atoms with Crippen LogP contribution in [-0.4, -0.2) is 34.9 Å². The predicted molar refractivity (Wildman–Crippen MR) is 76.1 cm³/mol. The second kappa shape index (κ2) is 7.09. The minimum absolute atomic E-state index is 0.185. The molecule has 0 radical (unpaired) electrons. The van der Waals surface area contributed by atoms with Gasteiger partial charge in [-0.05, 0) is 25.0 Å². The van der Waals surface area contributed by atoms with Gasteiger partial charge in [-0.15, -0.1) is 0 Å². The van der Waals surface area contributed by atoms with Crippen molar-refractivity contribution in [3.63, 3.8) is 0 Å². The van der Waals surface area contributed by atoms with Gasteiger partial charge in [-0.1, -0.05) is 36.8 Å². The lowest BCUT2D eigenvalue weighted by Gasteiger charge is -2.28. The Morgan fingerprint density at radius 1 is 1.30 bits per heavy atom. The highest BCUT2D eigenvalue weighted by molar-refractivity contribution is 5.96. The minimum atomic E-state index is -0.469. The van der Waals surface area contributed by atoms with Crippen molar-refractivity contribution in [2.45, 2.75) is 37.8 Å². The first-order valence-electron chi connectivity index (χ1n) is 6.90. The number of aliphatic hydroxyl groups is 2. The van der Waals surface area contributed by atoms with Crippen LogP contribution in [0.15, 0.2) is 24.3 Å². The molecule has 2 unspecified atom stereocenters. The van der Waals surface area contributed by atoms with Crippen LogP contribution in [0.4, 0.5) is 0 Å². The van der Waals surface area contributed by atoms with Crippen LogP contribution in [0, 0.1) is 11.8 Å². The van der Waals surface area contributed by atoms with Crippen LogP contribution in [0.1, 0.15) is 41.6 Å². The van der Waals surface area contributed by atoms with Crippen molar-refractivity contribution >= 4 is 5.91 Å². The van der Waals surface area contributed by atoms with Gasteiger partial charge in [-0.2, -0.15) is 0 Å². The van der Waals surface area contributed by atoms with E-state index in [-0.39, 0.29) is 18.6 Å². The number of amides is 1. The quantitative estimate of drug-likeness (QED) is 0.706. The molecule has 4 nitrogen and oxygen atoms in total. The molecule has 1 saturated carbocycles. The summed E-state index contributed by atoms with van der Waals surface area (Å²) in [4.78, 5) is 12.3. The molecule has 1 aliphatic carbocycles. The summed E-state index contributed by atoms with van der Waals surface area (Å²) in [5.41, 5.74) is 1.07. The maximum absolute atomic E-state index is 12.3. The van der Waals surface area contributed by atoms with Crippen LogP contribution >= 0.6 is 0 Å². The lowest BCUT2D eigenvalue weighted by atomic mass is 9.92. The van der Waals surface area contributed by atoms with Gasteiger partial charge in [-0.25, -0.2) is 0 Å². The molecule has 4 heteroatoms. The Kier molecular flexibility index (Phi) is 5.16. The van der Waals surface area contributed by atoms with Crippen molar-refractivity contribution in [2.75, 3.05) is 6.61 Å². The van der Waals surface area contributed by atoms with E-state index < -0.39 is 6.10 Å². The number of carbonyl (C=O) groups is 1. The van der Waals surface area contributed by atoms with Crippen LogP contribution in [0.25, 0.3) is 0 Å². The van der Waals surface area contributed by atoms with Crippen LogP contribution in [0.5, 0.6) is 0 Å². The second-order valence-electron chi connectivity index (χ2n) is 4.94. The van der Waals surface area contributed by atoms with E-state index in [4.69, 9.17) is 5.11 Å². The van der Waals surface area contributed by atoms with Crippen LogP contribution in [-0.2, 0) is 0 Å². The molecule has 20 heavy (non-hydrogen) atoms.